The lowest BCUT2D eigenvalue weighted by Crippen LogP contribution is -2.27. The van der Waals surface area contributed by atoms with Crippen LogP contribution in [0.1, 0.15) is 24.5 Å². The number of carbonyl (C=O) groups is 1. The fraction of sp³-hybridized carbons (Fsp3) is 0.400. The summed E-state index contributed by atoms with van der Waals surface area (Å²) >= 11 is 13.7. The van der Waals surface area contributed by atoms with Crippen molar-refractivity contribution in [1.82, 2.24) is 5.32 Å². The Labute approximate surface area is 138 Å². The first-order valence-electron chi connectivity index (χ1n) is 6.73. The second-order valence-electron chi connectivity index (χ2n) is 4.88. The molecular formula is C15H17Cl2NO2S. The number of amides is 1. The zero-order valence-electron chi connectivity index (χ0n) is 11.4. The van der Waals surface area contributed by atoms with Gasteiger partial charge < -0.3 is 10.4 Å². The molecule has 1 atom stereocenters. The van der Waals surface area contributed by atoms with Crippen LogP contribution in [0.4, 0.5) is 0 Å². The number of thioether (sulfide) groups is 1. The van der Waals surface area contributed by atoms with Gasteiger partial charge in [-0.05, 0) is 48.1 Å². The number of allylic oxidation sites excluding steroid dienone is 1. The molecule has 21 heavy (non-hydrogen) atoms. The van der Waals surface area contributed by atoms with Crippen molar-refractivity contribution in [1.29, 1.82) is 0 Å². The van der Waals surface area contributed by atoms with E-state index in [1.54, 1.807) is 24.3 Å². The molecule has 2 rings (SSSR count). The highest BCUT2D eigenvalue weighted by molar-refractivity contribution is 7.99. The molecule has 3 nitrogen and oxygen atoms in total. The van der Waals surface area contributed by atoms with E-state index in [2.05, 4.69) is 5.32 Å². The fourth-order valence-electron chi connectivity index (χ4n) is 2.10. The summed E-state index contributed by atoms with van der Waals surface area (Å²) in [6, 6.07) is 4.88. The highest BCUT2D eigenvalue weighted by Gasteiger charge is 2.12. The zero-order valence-corrected chi connectivity index (χ0v) is 13.8. The molecule has 1 aliphatic heterocycles. The molecule has 1 fully saturated rings. The van der Waals surface area contributed by atoms with E-state index in [0.29, 0.717) is 15.6 Å². The van der Waals surface area contributed by atoms with Crippen molar-refractivity contribution in [3.05, 3.63) is 45.5 Å². The predicted octanol–water partition coefficient (Wildman–Crippen LogP) is 3.60. The van der Waals surface area contributed by atoms with Gasteiger partial charge in [0.25, 0.3) is 0 Å². The van der Waals surface area contributed by atoms with Gasteiger partial charge in [0.05, 0.1) is 6.10 Å². The van der Waals surface area contributed by atoms with Crippen LogP contribution in [0.3, 0.4) is 0 Å². The summed E-state index contributed by atoms with van der Waals surface area (Å²) in [7, 11) is 0. The minimum Gasteiger partial charge on any atom is -0.387 e. The molecule has 1 heterocycles. The second kappa shape index (κ2) is 8.08. The first kappa shape index (κ1) is 16.7. The lowest BCUT2D eigenvalue weighted by Gasteiger charge is -2.14. The highest BCUT2D eigenvalue weighted by Crippen LogP contribution is 2.23. The zero-order chi connectivity index (χ0) is 15.2. The number of carbonyl (C=O) groups excluding carboxylic acids is 1. The second-order valence-corrected chi connectivity index (χ2v) is 6.98. The van der Waals surface area contributed by atoms with Gasteiger partial charge in [0.1, 0.15) is 0 Å². The Hall–Kier alpha value is -0.680. The van der Waals surface area contributed by atoms with Crippen molar-refractivity contribution in [2.24, 2.45) is 0 Å². The Bertz CT molecular complexity index is 520. The lowest BCUT2D eigenvalue weighted by atomic mass is 10.1. The maximum Gasteiger partial charge on any atom is 0.244 e. The smallest absolute Gasteiger partial charge is 0.244 e. The molecule has 0 bridgehead atoms. The van der Waals surface area contributed by atoms with Crippen LogP contribution in [0.25, 0.3) is 0 Å². The van der Waals surface area contributed by atoms with Crippen LogP contribution < -0.4 is 5.32 Å². The number of hydrogen-bond donors (Lipinski definition) is 2. The Morgan fingerprint density at radius 2 is 1.90 bits per heavy atom. The molecule has 114 valence electrons. The van der Waals surface area contributed by atoms with Crippen molar-refractivity contribution in [2.75, 3.05) is 18.1 Å². The number of aliphatic hydroxyl groups is 1. The van der Waals surface area contributed by atoms with E-state index in [0.717, 1.165) is 24.3 Å². The van der Waals surface area contributed by atoms with Crippen molar-refractivity contribution in [3.63, 3.8) is 0 Å². The summed E-state index contributed by atoms with van der Waals surface area (Å²) < 4.78 is 0. The number of hydrogen-bond acceptors (Lipinski definition) is 3. The Balaban J connectivity index is 1.88. The third kappa shape index (κ3) is 5.55. The molecule has 0 aromatic heterocycles. The van der Waals surface area contributed by atoms with Crippen molar-refractivity contribution in [2.45, 2.75) is 18.9 Å². The maximum atomic E-state index is 11.8. The summed E-state index contributed by atoms with van der Waals surface area (Å²) in [5.41, 5.74) is 1.76. The van der Waals surface area contributed by atoms with E-state index >= 15 is 0 Å². The standard InChI is InChI=1S/C15H17Cl2NO2S/c16-12-6-11(7-13(17)8-12)14(19)9-18-15(20)5-10-1-3-21-4-2-10/h5-8,14,19H,1-4,9H2,(H,18,20). The molecule has 0 aliphatic carbocycles. The normalized spacial score (nSPS) is 16.4. The van der Waals surface area contributed by atoms with E-state index in [1.807, 2.05) is 11.8 Å². The summed E-state index contributed by atoms with van der Waals surface area (Å²) in [5.74, 6) is 1.98. The first-order valence-corrected chi connectivity index (χ1v) is 8.65. The Morgan fingerprint density at radius 1 is 1.29 bits per heavy atom. The van der Waals surface area contributed by atoms with Crippen LogP contribution >= 0.6 is 35.0 Å². The molecule has 1 aromatic carbocycles. The molecule has 0 spiro atoms. The van der Waals surface area contributed by atoms with Crippen molar-refractivity contribution in [3.8, 4) is 0 Å². The minimum atomic E-state index is -0.828. The highest BCUT2D eigenvalue weighted by atomic mass is 35.5. The van der Waals surface area contributed by atoms with E-state index in [1.165, 1.54) is 5.57 Å². The fourth-order valence-corrected chi connectivity index (χ4v) is 3.66. The van der Waals surface area contributed by atoms with Gasteiger partial charge >= 0.3 is 0 Å². The van der Waals surface area contributed by atoms with Gasteiger partial charge in [-0.2, -0.15) is 11.8 Å². The average Bonchev–Trinajstić information content (AvgIpc) is 2.45. The molecular weight excluding hydrogens is 329 g/mol. The molecule has 1 aromatic rings. The third-order valence-corrected chi connectivity index (χ3v) is 4.63. The van der Waals surface area contributed by atoms with Crippen molar-refractivity contribution >= 4 is 40.9 Å². The van der Waals surface area contributed by atoms with Gasteiger partial charge in [-0.3, -0.25) is 4.79 Å². The molecule has 1 aliphatic rings. The van der Waals surface area contributed by atoms with Gasteiger partial charge in [-0.15, -0.1) is 0 Å². The van der Waals surface area contributed by atoms with Gasteiger partial charge in [0, 0.05) is 22.7 Å². The Kier molecular flexibility index (Phi) is 6.42. The maximum absolute atomic E-state index is 11.8. The number of benzene rings is 1. The molecule has 0 saturated carbocycles. The molecule has 2 N–H and O–H groups in total. The Morgan fingerprint density at radius 3 is 2.52 bits per heavy atom. The number of nitrogens with one attached hydrogen (secondary N) is 1. The molecule has 6 heteroatoms. The SMILES string of the molecule is O=C(C=C1CCSCC1)NCC(O)c1cc(Cl)cc(Cl)c1. The number of rotatable bonds is 4. The molecule has 1 saturated heterocycles. The minimum absolute atomic E-state index is 0.133. The van der Waals surface area contributed by atoms with Crippen LogP contribution in [0.2, 0.25) is 10.0 Å². The van der Waals surface area contributed by atoms with Crippen LogP contribution in [0.15, 0.2) is 29.8 Å². The molecule has 1 unspecified atom stereocenters. The van der Waals surface area contributed by atoms with Gasteiger partial charge in [0.2, 0.25) is 5.91 Å². The predicted molar refractivity (Wildman–Crippen MR) is 89.1 cm³/mol. The van der Waals surface area contributed by atoms with E-state index in [-0.39, 0.29) is 12.5 Å². The summed E-state index contributed by atoms with van der Waals surface area (Å²) in [4.78, 5) is 11.8. The molecule has 0 radical (unpaired) electrons. The van der Waals surface area contributed by atoms with E-state index in [4.69, 9.17) is 23.2 Å². The van der Waals surface area contributed by atoms with Gasteiger partial charge in [0.15, 0.2) is 0 Å². The molecule has 1 amide bonds. The summed E-state index contributed by atoms with van der Waals surface area (Å²) in [6.07, 6.45) is 2.75. The van der Waals surface area contributed by atoms with E-state index in [9.17, 15) is 9.90 Å². The summed E-state index contributed by atoms with van der Waals surface area (Å²) in [6.45, 7) is 0.133. The van der Waals surface area contributed by atoms with Crippen LogP contribution in [0, 0.1) is 0 Å². The first-order chi connectivity index (χ1) is 10.0. The third-order valence-electron chi connectivity index (χ3n) is 3.21. The largest absolute Gasteiger partial charge is 0.387 e. The van der Waals surface area contributed by atoms with Crippen LogP contribution in [0.5, 0.6) is 0 Å². The monoisotopic (exact) mass is 345 g/mol. The average molecular weight is 346 g/mol. The van der Waals surface area contributed by atoms with Crippen LogP contribution in [-0.4, -0.2) is 29.1 Å². The summed E-state index contributed by atoms with van der Waals surface area (Å²) in [5, 5.41) is 13.7. The van der Waals surface area contributed by atoms with E-state index < -0.39 is 6.10 Å². The topological polar surface area (TPSA) is 49.3 Å². The number of aliphatic hydroxyl groups excluding tert-OH is 1. The van der Waals surface area contributed by atoms with Gasteiger partial charge in [-0.1, -0.05) is 28.8 Å². The van der Waals surface area contributed by atoms with Gasteiger partial charge in [-0.25, -0.2) is 0 Å². The number of halogens is 2. The quantitative estimate of drug-likeness (QED) is 0.819. The van der Waals surface area contributed by atoms with Crippen molar-refractivity contribution < 1.29 is 9.90 Å². The lowest BCUT2D eigenvalue weighted by molar-refractivity contribution is -0.117. The van der Waals surface area contributed by atoms with Crippen LogP contribution in [-0.2, 0) is 4.79 Å².